The van der Waals surface area contributed by atoms with Crippen LogP contribution >= 0.6 is 11.3 Å². The van der Waals surface area contributed by atoms with E-state index in [0.29, 0.717) is 0 Å². The van der Waals surface area contributed by atoms with Crippen LogP contribution in [0.25, 0.3) is 27.3 Å². The number of amides is 1. The maximum Gasteiger partial charge on any atom is 0.262 e. The summed E-state index contributed by atoms with van der Waals surface area (Å²) in [6.45, 7) is 4.24. The van der Waals surface area contributed by atoms with E-state index in [4.69, 9.17) is 5.11 Å². The van der Waals surface area contributed by atoms with Gasteiger partial charge in [0, 0.05) is 48.2 Å². The van der Waals surface area contributed by atoms with Crippen molar-refractivity contribution in [3.63, 3.8) is 0 Å². The molecule has 4 rings (SSSR count). The summed E-state index contributed by atoms with van der Waals surface area (Å²) in [5.41, 5.74) is 2.41. The smallest absolute Gasteiger partial charge is 0.262 e. The van der Waals surface area contributed by atoms with Gasteiger partial charge in [0.15, 0.2) is 0 Å². The SMILES string of the molecule is CN1CCN(c2ccc3cc(-c4ccc(/C=C(\C#N)C(=O)NCCO)s4)ccc3c2)CC1. The number of aliphatic hydroxyl groups excluding tert-OH is 1. The van der Waals surface area contributed by atoms with Crippen molar-refractivity contribution in [1.82, 2.24) is 10.2 Å². The second kappa shape index (κ2) is 9.96. The molecular weight excluding hydrogens is 420 g/mol. The number of fused-ring (bicyclic) bond motifs is 1. The number of nitriles is 1. The van der Waals surface area contributed by atoms with E-state index in [9.17, 15) is 10.1 Å². The van der Waals surface area contributed by atoms with Gasteiger partial charge in [0.05, 0.1) is 6.61 Å². The molecule has 0 radical (unpaired) electrons. The minimum absolute atomic E-state index is 0.0294. The average molecular weight is 447 g/mol. The van der Waals surface area contributed by atoms with E-state index >= 15 is 0 Å². The fraction of sp³-hybridized carbons (Fsp3) is 0.280. The fourth-order valence-electron chi connectivity index (χ4n) is 3.79. The Morgan fingerprint density at radius 3 is 2.62 bits per heavy atom. The standard InChI is InChI=1S/C25H26N4O2S/c1-28-9-11-29(12-10-28)22-5-4-18-14-20(3-2-19(18)15-22)24-7-6-23(32-24)16-21(17-26)25(31)27-8-13-30/h2-7,14-16,30H,8-13H2,1H3,(H,27,31)/b21-16+. The molecule has 0 bridgehead atoms. The summed E-state index contributed by atoms with van der Waals surface area (Å²) < 4.78 is 0. The Balaban J connectivity index is 1.53. The Bertz CT molecular complexity index is 1190. The van der Waals surface area contributed by atoms with Crippen molar-refractivity contribution in [3.05, 3.63) is 59.0 Å². The van der Waals surface area contributed by atoms with Crippen molar-refractivity contribution >= 4 is 39.8 Å². The lowest BCUT2D eigenvalue weighted by Crippen LogP contribution is -2.44. The van der Waals surface area contributed by atoms with E-state index in [1.807, 2.05) is 18.2 Å². The number of benzene rings is 2. The number of carbonyl (C=O) groups excluding carboxylic acids is 1. The minimum Gasteiger partial charge on any atom is -0.395 e. The van der Waals surface area contributed by atoms with Gasteiger partial charge in [0.1, 0.15) is 11.6 Å². The Morgan fingerprint density at radius 1 is 1.12 bits per heavy atom. The Labute approximate surface area is 192 Å². The summed E-state index contributed by atoms with van der Waals surface area (Å²) in [7, 11) is 2.16. The van der Waals surface area contributed by atoms with Crippen LogP contribution in [0, 0.1) is 11.3 Å². The van der Waals surface area contributed by atoms with Gasteiger partial charge in [-0.1, -0.05) is 18.2 Å². The van der Waals surface area contributed by atoms with Crippen molar-refractivity contribution in [1.29, 1.82) is 5.26 Å². The van der Waals surface area contributed by atoms with Crippen LogP contribution in [0.5, 0.6) is 0 Å². The molecule has 0 saturated carbocycles. The van der Waals surface area contributed by atoms with E-state index in [1.165, 1.54) is 27.8 Å². The van der Waals surface area contributed by atoms with E-state index in [2.05, 4.69) is 58.6 Å². The normalized spacial score (nSPS) is 15.0. The summed E-state index contributed by atoms with van der Waals surface area (Å²) in [5.74, 6) is -0.474. The summed E-state index contributed by atoms with van der Waals surface area (Å²) in [5, 5.41) is 23.0. The van der Waals surface area contributed by atoms with Crippen LogP contribution in [0.4, 0.5) is 5.69 Å². The molecule has 6 nitrogen and oxygen atoms in total. The van der Waals surface area contributed by atoms with Gasteiger partial charge in [0.25, 0.3) is 5.91 Å². The summed E-state index contributed by atoms with van der Waals surface area (Å²) >= 11 is 1.54. The van der Waals surface area contributed by atoms with Gasteiger partial charge in [0.2, 0.25) is 0 Å². The topological polar surface area (TPSA) is 79.6 Å². The number of nitrogens with zero attached hydrogens (tertiary/aromatic N) is 3. The van der Waals surface area contributed by atoms with Gasteiger partial charge in [-0.2, -0.15) is 5.26 Å². The molecule has 32 heavy (non-hydrogen) atoms. The zero-order chi connectivity index (χ0) is 22.5. The Hall–Kier alpha value is -3.18. The summed E-state index contributed by atoms with van der Waals surface area (Å²) in [6, 6.07) is 19.0. The maximum absolute atomic E-state index is 12.0. The summed E-state index contributed by atoms with van der Waals surface area (Å²) in [4.78, 5) is 18.7. The third-order valence-corrected chi connectivity index (χ3v) is 6.73. The van der Waals surface area contributed by atoms with Crippen molar-refractivity contribution in [2.45, 2.75) is 0 Å². The first kappa shape index (κ1) is 22.0. The number of carbonyl (C=O) groups is 1. The molecule has 1 aliphatic heterocycles. The largest absolute Gasteiger partial charge is 0.395 e. The molecule has 3 aromatic rings. The van der Waals surface area contributed by atoms with Crippen LogP contribution in [-0.4, -0.2) is 62.3 Å². The first-order valence-corrected chi connectivity index (χ1v) is 11.5. The van der Waals surface area contributed by atoms with Gasteiger partial charge in [-0.25, -0.2) is 0 Å². The van der Waals surface area contributed by atoms with Crippen molar-refractivity contribution in [3.8, 4) is 16.5 Å². The molecule has 7 heteroatoms. The van der Waals surface area contributed by atoms with Crippen LogP contribution < -0.4 is 10.2 Å². The predicted octanol–water partition coefficient (Wildman–Crippen LogP) is 3.34. The molecule has 2 heterocycles. The summed E-state index contributed by atoms with van der Waals surface area (Å²) in [6.07, 6.45) is 1.59. The van der Waals surface area contributed by atoms with Crippen molar-refractivity contribution in [2.24, 2.45) is 0 Å². The molecule has 2 aromatic carbocycles. The second-order valence-electron chi connectivity index (χ2n) is 7.89. The number of aliphatic hydroxyl groups is 1. The molecule has 2 N–H and O–H groups in total. The number of likely N-dealkylation sites (N-methyl/N-ethyl adjacent to an activating group) is 1. The van der Waals surface area contributed by atoms with Gasteiger partial charge >= 0.3 is 0 Å². The first-order chi connectivity index (χ1) is 15.6. The van der Waals surface area contributed by atoms with E-state index < -0.39 is 5.91 Å². The molecular formula is C25H26N4O2S. The molecule has 1 amide bonds. The molecule has 0 atom stereocenters. The van der Waals surface area contributed by atoms with Crippen LogP contribution in [-0.2, 0) is 4.79 Å². The molecule has 0 aliphatic carbocycles. The Morgan fingerprint density at radius 2 is 1.88 bits per heavy atom. The molecule has 0 unspecified atom stereocenters. The highest BCUT2D eigenvalue weighted by atomic mass is 32.1. The van der Waals surface area contributed by atoms with Crippen molar-refractivity contribution in [2.75, 3.05) is 51.3 Å². The van der Waals surface area contributed by atoms with Crippen LogP contribution in [0.2, 0.25) is 0 Å². The molecule has 1 aliphatic rings. The van der Waals surface area contributed by atoms with Crippen LogP contribution in [0.15, 0.2) is 54.1 Å². The molecule has 164 valence electrons. The number of piperazine rings is 1. The highest BCUT2D eigenvalue weighted by molar-refractivity contribution is 7.16. The van der Waals surface area contributed by atoms with Crippen LogP contribution in [0.1, 0.15) is 4.88 Å². The van der Waals surface area contributed by atoms with Crippen LogP contribution in [0.3, 0.4) is 0 Å². The molecule has 1 fully saturated rings. The monoisotopic (exact) mass is 446 g/mol. The third kappa shape index (κ3) is 5.00. The van der Waals surface area contributed by atoms with Gasteiger partial charge in [-0.15, -0.1) is 11.3 Å². The number of rotatable bonds is 6. The van der Waals surface area contributed by atoms with Gasteiger partial charge in [-0.05, 0) is 59.8 Å². The number of hydrogen-bond acceptors (Lipinski definition) is 6. The highest BCUT2D eigenvalue weighted by Crippen LogP contribution is 2.32. The number of nitrogens with one attached hydrogen (secondary N) is 1. The number of thiophene rings is 1. The minimum atomic E-state index is -0.474. The molecule has 1 aromatic heterocycles. The quantitative estimate of drug-likeness (QED) is 0.449. The maximum atomic E-state index is 12.0. The lowest BCUT2D eigenvalue weighted by Gasteiger charge is -2.34. The molecule has 0 spiro atoms. The third-order valence-electron chi connectivity index (χ3n) is 5.65. The van der Waals surface area contributed by atoms with E-state index in [-0.39, 0.29) is 18.7 Å². The zero-order valence-corrected chi connectivity index (χ0v) is 18.9. The van der Waals surface area contributed by atoms with E-state index in [0.717, 1.165) is 41.5 Å². The number of hydrogen-bond donors (Lipinski definition) is 2. The van der Waals surface area contributed by atoms with Crippen molar-refractivity contribution < 1.29 is 9.90 Å². The van der Waals surface area contributed by atoms with E-state index in [1.54, 1.807) is 6.08 Å². The molecule has 1 saturated heterocycles. The zero-order valence-electron chi connectivity index (χ0n) is 18.0. The Kier molecular flexibility index (Phi) is 6.86. The lowest BCUT2D eigenvalue weighted by atomic mass is 10.0. The first-order valence-electron chi connectivity index (χ1n) is 10.7. The lowest BCUT2D eigenvalue weighted by molar-refractivity contribution is -0.117. The average Bonchev–Trinajstić information content (AvgIpc) is 3.29. The van der Waals surface area contributed by atoms with Gasteiger partial charge < -0.3 is 20.2 Å². The van der Waals surface area contributed by atoms with Gasteiger partial charge in [-0.3, -0.25) is 4.79 Å². The fourth-order valence-corrected chi connectivity index (χ4v) is 4.74. The highest BCUT2D eigenvalue weighted by Gasteiger charge is 2.15. The second-order valence-corrected chi connectivity index (χ2v) is 9.00. The number of anilines is 1. The predicted molar refractivity (Wildman–Crippen MR) is 131 cm³/mol.